The molecular weight excluding hydrogens is 318 g/mol. The summed E-state index contributed by atoms with van der Waals surface area (Å²) in [5.74, 6) is -0.803. The lowest BCUT2D eigenvalue weighted by Gasteiger charge is -2.08. The standard InChI is InChI=1S/C20H35NO4/c1-2-3-4-5-6-7-8-9-10-11-12-13-17(22)16-19(23)21-18-14-15-25-20(18)24/h18H,2-16H2,1H3,(H,21,23). The van der Waals surface area contributed by atoms with Crippen molar-refractivity contribution < 1.29 is 19.1 Å². The van der Waals surface area contributed by atoms with E-state index in [1.807, 2.05) is 0 Å². The molecule has 0 spiro atoms. The molecule has 0 bridgehead atoms. The number of amides is 1. The Labute approximate surface area is 152 Å². The number of ketones is 1. The van der Waals surface area contributed by atoms with Gasteiger partial charge < -0.3 is 10.1 Å². The van der Waals surface area contributed by atoms with Gasteiger partial charge in [0.25, 0.3) is 0 Å². The average Bonchev–Trinajstić information content (AvgIpc) is 2.97. The molecule has 0 aromatic carbocycles. The Hall–Kier alpha value is -1.39. The molecule has 1 fully saturated rings. The highest BCUT2D eigenvalue weighted by Gasteiger charge is 2.28. The smallest absolute Gasteiger partial charge is 0.328 e. The van der Waals surface area contributed by atoms with Crippen LogP contribution in [0.4, 0.5) is 0 Å². The monoisotopic (exact) mass is 353 g/mol. The van der Waals surface area contributed by atoms with E-state index in [2.05, 4.69) is 12.2 Å². The number of ether oxygens (including phenoxy) is 1. The maximum Gasteiger partial charge on any atom is 0.328 e. The van der Waals surface area contributed by atoms with Crippen molar-refractivity contribution in [1.29, 1.82) is 0 Å². The Kier molecular flexibility index (Phi) is 12.0. The van der Waals surface area contributed by atoms with Crippen molar-refractivity contribution in [3.8, 4) is 0 Å². The van der Waals surface area contributed by atoms with Crippen LogP contribution >= 0.6 is 0 Å². The molecule has 5 nitrogen and oxygen atoms in total. The van der Waals surface area contributed by atoms with Crippen LogP contribution in [0.15, 0.2) is 0 Å². The van der Waals surface area contributed by atoms with Crippen LogP contribution in [0.2, 0.25) is 0 Å². The fourth-order valence-corrected chi connectivity index (χ4v) is 3.13. The van der Waals surface area contributed by atoms with E-state index in [0.717, 1.165) is 12.8 Å². The van der Waals surface area contributed by atoms with Gasteiger partial charge in [-0.1, -0.05) is 71.1 Å². The van der Waals surface area contributed by atoms with E-state index < -0.39 is 12.0 Å². The molecule has 144 valence electrons. The quantitative estimate of drug-likeness (QED) is 0.273. The number of nitrogens with one attached hydrogen (secondary N) is 1. The minimum Gasteiger partial charge on any atom is -0.464 e. The van der Waals surface area contributed by atoms with Crippen LogP contribution in [0.25, 0.3) is 0 Å². The molecule has 0 saturated carbocycles. The van der Waals surface area contributed by atoms with Crippen molar-refractivity contribution in [2.45, 2.75) is 103 Å². The van der Waals surface area contributed by atoms with Gasteiger partial charge in [-0.15, -0.1) is 0 Å². The first-order valence-electron chi connectivity index (χ1n) is 10.1. The number of hydrogen-bond donors (Lipinski definition) is 1. The first kappa shape index (κ1) is 21.7. The Bertz CT molecular complexity index is 409. The van der Waals surface area contributed by atoms with Gasteiger partial charge in [-0.05, 0) is 6.42 Å². The lowest BCUT2D eigenvalue weighted by molar-refractivity contribution is -0.142. The van der Waals surface area contributed by atoms with E-state index in [9.17, 15) is 14.4 Å². The second-order valence-corrected chi connectivity index (χ2v) is 7.08. The van der Waals surface area contributed by atoms with Gasteiger partial charge in [-0.25, -0.2) is 4.79 Å². The molecule has 1 saturated heterocycles. The molecule has 5 heteroatoms. The van der Waals surface area contributed by atoms with E-state index in [1.54, 1.807) is 0 Å². The first-order valence-corrected chi connectivity index (χ1v) is 10.1. The fraction of sp³-hybridized carbons (Fsp3) is 0.850. The molecular formula is C20H35NO4. The summed E-state index contributed by atoms with van der Waals surface area (Å²) in [5.41, 5.74) is 0. The van der Waals surface area contributed by atoms with E-state index in [0.29, 0.717) is 19.4 Å². The maximum atomic E-state index is 11.8. The van der Waals surface area contributed by atoms with Gasteiger partial charge >= 0.3 is 5.97 Å². The van der Waals surface area contributed by atoms with E-state index in [1.165, 1.54) is 57.8 Å². The summed E-state index contributed by atoms with van der Waals surface area (Å²) in [5, 5.41) is 2.57. The summed E-state index contributed by atoms with van der Waals surface area (Å²) >= 11 is 0. The number of esters is 1. The van der Waals surface area contributed by atoms with E-state index in [4.69, 9.17) is 4.74 Å². The zero-order valence-electron chi connectivity index (χ0n) is 15.8. The molecule has 1 rings (SSSR count). The van der Waals surface area contributed by atoms with Crippen LogP contribution in [0.3, 0.4) is 0 Å². The molecule has 0 aliphatic carbocycles. The summed E-state index contributed by atoms with van der Waals surface area (Å²) in [6, 6.07) is -0.567. The van der Waals surface area contributed by atoms with Gasteiger partial charge in [0, 0.05) is 12.8 Å². The molecule has 1 unspecified atom stereocenters. The number of rotatable bonds is 15. The van der Waals surface area contributed by atoms with Gasteiger partial charge in [-0.2, -0.15) is 0 Å². The Morgan fingerprint density at radius 3 is 2.04 bits per heavy atom. The number of carbonyl (C=O) groups is 3. The Morgan fingerprint density at radius 2 is 1.52 bits per heavy atom. The highest BCUT2D eigenvalue weighted by Crippen LogP contribution is 2.12. The molecule has 0 radical (unpaired) electrons. The molecule has 1 aliphatic heterocycles. The van der Waals surface area contributed by atoms with Crippen LogP contribution in [0.1, 0.15) is 96.8 Å². The molecule has 1 heterocycles. The molecule has 1 atom stereocenters. The number of hydrogen-bond acceptors (Lipinski definition) is 4. The minimum absolute atomic E-state index is 0.0419. The largest absolute Gasteiger partial charge is 0.464 e. The number of carbonyl (C=O) groups excluding carboxylic acids is 3. The van der Waals surface area contributed by atoms with Crippen LogP contribution in [-0.4, -0.2) is 30.3 Å². The summed E-state index contributed by atoms with van der Waals surface area (Å²) in [6.07, 6.45) is 14.5. The van der Waals surface area contributed by atoms with Crippen molar-refractivity contribution in [1.82, 2.24) is 5.32 Å². The van der Waals surface area contributed by atoms with Crippen LogP contribution < -0.4 is 5.32 Å². The predicted octanol–water partition coefficient (Wildman–Crippen LogP) is 4.08. The number of Topliss-reactive ketones (excluding diaryl/α,β-unsaturated/α-hetero) is 1. The summed E-state index contributed by atoms with van der Waals surface area (Å²) in [7, 11) is 0. The van der Waals surface area contributed by atoms with Crippen molar-refractivity contribution in [3.05, 3.63) is 0 Å². The van der Waals surface area contributed by atoms with Crippen LogP contribution in [0, 0.1) is 0 Å². The predicted molar refractivity (Wildman–Crippen MR) is 98.2 cm³/mol. The van der Waals surface area contributed by atoms with Crippen molar-refractivity contribution >= 4 is 17.7 Å². The lowest BCUT2D eigenvalue weighted by Crippen LogP contribution is -2.38. The van der Waals surface area contributed by atoms with Gasteiger partial charge in [0.05, 0.1) is 13.0 Å². The Morgan fingerprint density at radius 1 is 0.960 bits per heavy atom. The minimum atomic E-state index is -0.567. The highest BCUT2D eigenvalue weighted by atomic mass is 16.5. The zero-order chi connectivity index (χ0) is 18.3. The third-order valence-electron chi connectivity index (χ3n) is 4.69. The lowest BCUT2D eigenvalue weighted by atomic mass is 10.0. The van der Waals surface area contributed by atoms with Crippen LogP contribution in [-0.2, 0) is 19.1 Å². The maximum absolute atomic E-state index is 11.8. The second kappa shape index (κ2) is 13.9. The normalized spacial score (nSPS) is 16.7. The Balaban J connectivity index is 1.90. The molecule has 25 heavy (non-hydrogen) atoms. The number of unbranched alkanes of at least 4 members (excludes halogenated alkanes) is 10. The molecule has 1 amide bonds. The van der Waals surface area contributed by atoms with Gasteiger partial charge in [0.1, 0.15) is 11.8 Å². The van der Waals surface area contributed by atoms with E-state index >= 15 is 0 Å². The summed E-state index contributed by atoms with van der Waals surface area (Å²) < 4.78 is 4.78. The first-order chi connectivity index (χ1) is 12.1. The van der Waals surface area contributed by atoms with E-state index in [-0.39, 0.29) is 18.1 Å². The summed E-state index contributed by atoms with van der Waals surface area (Å²) in [4.78, 5) is 34.8. The summed E-state index contributed by atoms with van der Waals surface area (Å²) in [6.45, 7) is 2.58. The fourth-order valence-electron chi connectivity index (χ4n) is 3.13. The zero-order valence-corrected chi connectivity index (χ0v) is 15.8. The van der Waals surface area contributed by atoms with Gasteiger partial charge in [-0.3, -0.25) is 9.59 Å². The van der Waals surface area contributed by atoms with Crippen molar-refractivity contribution in [3.63, 3.8) is 0 Å². The van der Waals surface area contributed by atoms with Crippen molar-refractivity contribution in [2.75, 3.05) is 6.61 Å². The molecule has 0 aromatic rings. The molecule has 0 aromatic heterocycles. The molecule has 1 aliphatic rings. The third kappa shape index (κ3) is 11.0. The SMILES string of the molecule is CCCCCCCCCCCCCC(=O)CC(=O)NC1CCOC1=O. The third-order valence-corrected chi connectivity index (χ3v) is 4.69. The van der Waals surface area contributed by atoms with Gasteiger partial charge in [0.2, 0.25) is 5.91 Å². The van der Waals surface area contributed by atoms with Crippen LogP contribution in [0.5, 0.6) is 0 Å². The molecule has 1 N–H and O–H groups in total. The van der Waals surface area contributed by atoms with Gasteiger partial charge in [0.15, 0.2) is 0 Å². The second-order valence-electron chi connectivity index (χ2n) is 7.08. The average molecular weight is 354 g/mol. The highest BCUT2D eigenvalue weighted by molar-refractivity contribution is 5.99. The topological polar surface area (TPSA) is 72.5 Å². The van der Waals surface area contributed by atoms with Crippen molar-refractivity contribution in [2.24, 2.45) is 0 Å². The number of cyclic esters (lactones) is 1.